The van der Waals surface area contributed by atoms with Crippen LogP contribution in [0.2, 0.25) is 0 Å². The van der Waals surface area contributed by atoms with Crippen LogP contribution in [0.25, 0.3) is 0 Å². The van der Waals surface area contributed by atoms with E-state index < -0.39 is 42.0 Å². The Hall–Kier alpha value is -1.63. The van der Waals surface area contributed by atoms with Crippen molar-refractivity contribution < 1.29 is 34.4 Å². The van der Waals surface area contributed by atoms with Gasteiger partial charge in [-0.2, -0.15) is 0 Å². The highest BCUT2D eigenvalue weighted by molar-refractivity contribution is 5.88. The number of aliphatic hydroxyl groups is 1. The van der Waals surface area contributed by atoms with Crippen LogP contribution in [0.3, 0.4) is 0 Å². The molecule has 0 spiro atoms. The summed E-state index contributed by atoms with van der Waals surface area (Å²) in [6, 6.07) is 0. The maximum absolute atomic E-state index is 11.9. The Kier molecular flexibility index (Phi) is 7.35. The molecule has 0 aromatic carbocycles. The van der Waals surface area contributed by atoms with Crippen LogP contribution in [0.1, 0.15) is 59.3 Å². The quantitative estimate of drug-likeness (QED) is 0.524. The third-order valence-corrected chi connectivity index (χ3v) is 3.60. The van der Waals surface area contributed by atoms with Gasteiger partial charge in [-0.25, -0.2) is 4.79 Å². The Morgan fingerprint density at radius 1 is 1.00 bits per heavy atom. The molecule has 7 nitrogen and oxygen atoms in total. The topological polar surface area (TPSA) is 121 Å². The fourth-order valence-corrected chi connectivity index (χ4v) is 2.23. The van der Waals surface area contributed by atoms with Gasteiger partial charge in [-0.15, -0.1) is 0 Å². The number of carbonyl (C=O) groups excluding carboxylic acids is 1. The molecule has 0 saturated carbocycles. The van der Waals surface area contributed by atoms with Crippen LogP contribution in [-0.2, 0) is 19.1 Å². The van der Waals surface area contributed by atoms with Gasteiger partial charge in [0.15, 0.2) is 5.60 Å². The van der Waals surface area contributed by atoms with Crippen LogP contribution < -0.4 is 0 Å². The van der Waals surface area contributed by atoms with E-state index in [4.69, 9.17) is 14.9 Å². The predicted molar refractivity (Wildman–Crippen MR) is 73.8 cm³/mol. The Morgan fingerprint density at radius 3 is 1.86 bits per heavy atom. The summed E-state index contributed by atoms with van der Waals surface area (Å²) >= 11 is 0. The van der Waals surface area contributed by atoms with E-state index in [-0.39, 0.29) is 0 Å². The Labute approximate surface area is 123 Å². The third-order valence-electron chi connectivity index (χ3n) is 3.60. The lowest BCUT2D eigenvalue weighted by molar-refractivity contribution is -0.178. The highest BCUT2D eigenvalue weighted by atomic mass is 16.6. The maximum atomic E-state index is 11.9. The van der Waals surface area contributed by atoms with Crippen molar-refractivity contribution in [1.29, 1.82) is 0 Å². The van der Waals surface area contributed by atoms with Gasteiger partial charge in [0.2, 0.25) is 0 Å². The van der Waals surface area contributed by atoms with Crippen LogP contribution >= 0.6 is 0 Å². The van der Waals surface area contributed by atoms with Crippen molar-refractivity contribution in [3.8, 4) is 0 Å². The third kappa shape index (κ3) is 5.71. The van der Waals surface area contributed by atoms with Crippen molar-refractivity contribution in [3.05, 3.63) is 0 Å². The second-order valence-corrected chi connectivity index (χ2v) is 5.20. The minimum absolute atomic E-state index is 0.563. The molecular weight excluding hydrogens is 280 g/mol. The largest absolute Gasteiger partial charge is 0.481 e. The summed E-state index contributed by atoms with van der Waals surface area (Å²) in [6.45, 7) is 5.64. The van der Waals surface area contributed by atoms with Gasteiger partial charge in [-0.3, -0.25) is 9.59 Å². The molecule has 1 unspecified atom stereocenters. The van der Waals surface area contributed by atoms with E-state index in [1.807, 2.05) is 20.8 Å². The molecule has 0 saturated heterocycles. The first-order chi connectivity index (χ1) is 9.64. The molecule has 0 aliphatic rings. The van der Waals surface area contributed by atoms with E-state index in [0.29, 0.717) is 19.3 Å². The molecule has 0 aliphatic carbocycles. The highest BCUT2D eigenvalue weighted by Crippen LogP contribution is 2.28. The van der Waals surface area contributed by atoms with Gasteiger partial charge in [-0.1, -0.05) is 27.2 Å². The zero-order valence-electron chi connectivity index (χ0n) is 12.7. The molecule has 0 fully saturated rings. The highest BCUT2D eigenvalue weighted by Gasteiger charge is 2.43. The SMILES string of the molecule is CCCC(CC)(CC)OC(=O)CC(O)(CC(=O)O)C(=O)O. The maximum Gasteiger partial charge on any atom is 0.336 e. The van der Waals surface area contributed by atoms with Crippen LogP contribution in [0, 0.1) is 0 Å². The number of carbonyl (C=O) groups is 3. The molecule has 0 aromatic rings. The van der Waals surface area contributed by atoms with Gasteiger partial charge in [0.1, 0.15) is 5.60 Å². The molecule has 0 aliphatic heterocycles. The predicted octanol–water partition coefficient (Wildman–Crippen LogP) is 1.57. The first-order valence-electron chi connectivity index (χ1n) is 7.04. The van der Waals surface area contributed by atoms with E-state index in [1.54, 1.807) is 0 Å². The van der Waals surface area contributed by atoms with Gasteiger partial charge in [0.05, 0.1) is 12.8 Å². The van der Waals surface area contributed by atoms with Crippen molar-refractivity contribution in [2.45, 2.75) is 70.5 Å². The summed E-state index contributed by atoms with van der Waals surface area (Å²) < 4.78 is 5.35. The Bertz CT molecular complexity index is 387. The smallest absolute Gasteiger partial charge is 0.336 e. The normalized spacial score (nSPS) is 14.3. The molecule has 0 heterocycles. The zero-order valence-corrected chi connectivity index (χ0v) is 12.7. The number of rotatable bonds is 10. The van der Waals surface area contributed by atoms with Crippen LogP contribution in [-0.4, -0.2) is 44.4 Å². The molecule has 122 valence electrons. The summed E-state index contributed by atoms with van der Waals surface area (Å²) in [5.41, 5.74) is -3.35. The Morgan fingerprint density at radius 2 is 1.52 bits per heavy atom. The fourth-order valence-electron chi connectivity index (χ4n) is 2.23. The molecular formula is C14H24O7. The number of carboxylic acid groups (broad SMARTS) is 2. The molecule has 0 bridgehead atoms. The number of ether oxygens (including phenoxy) is 1. The molecule has 21 heavy (non-hydrogen) atoms. The second-order valence-electron chi connectivity index (χ2n) is 5.20. The lowest BCUT2D eigenvalue weighted by Gasteiger charge is -2.32. The number of aliphatic carboxylic acids is 2. The molecule has 7 heteroatoms. The molecule has 0 rings (SSSR count). The second kappa shape index (κ2) is 7.97. The number of carboxylic acids is 2. The van der Waals surface area contributed by atoms with E-state index in [1.165, 1.54) is 0 Å². The standard InChI is InChI=1S/C14H24O7/c1-4-7-13(5-2,6-3)21-11(17)9-14(20,12(18)19)8-10(15)16/h20H,4-9H2,1-3H3,(H,15,16)(H,18,19). The van der Waals surface area contributed by atoms with Crippen molar-refractivity contribution >= 4 is 17.9 Å². The average Bonchev–Trinajstić information content (AvgIpc) is 2.36. The van der Waals surface area contributed by atoms with Gasteiger partial charge in [-0.05, 0) is 19.3 Å². The summed E-state index contributed by atoms with van der Waals surface area (Å²) in [6.07, 6.45) is 0.584. The average molecular weight is 304 g/mol. The monoisotopic (exact) mass is 304 g/mol. The van der Waals surface area contributed by atoms with Crippen molar-refractivity contribution in [2.75, 3.05) is 0 Å². The van der Waals surface area contributed by atoms with E-state index in [0.717, 1.165) is 6.42 Å². The minimum Gasteiger partial charge on any atom is -0.481 e. The molecule has 0 aromatic heterocycles. The number of hydrogen-bond donors (Lipinski definition) is 3. The lowest BCUT2D eigenvalue weighted by Crippen LogP contribution is -2.45. The number of esters is 1. The molecule has 1 atom stereocenters. The Balaban J connectivity index is 5.00. The summed E-state index contributed by atoms with van der Waals surface area (Å²) in [7, 11) is 0. The van der Waals surface area contributed by atoms with E-state index >= 15 is 0 Å². The first-order valence-corrected chi connectivity index (χ1v) is 7.04. The minimum atomic E-state index is -2.65. The van der Waals surface area contributed by atoms with Crippen LogP contribution in [0.5, 0.6) is 0 Å². The molecule has 0 radical (unpaired) electrons. The van der Waals surface area contributed by atoms with Gasteiger partial charge in [0, 0.05) is 0 Å². The molecule has 0 amide bonds. The first kappa shape index (κ1) is 19.4. The lowest BCUT2D eigenvalue weighted by atomic mass is 9.91. The number of hydrogen-bond acceptors (Lipinski definition) is 5. The van der Waals surface area contributed by atoms with Crippen molar-refractivity contribution in [1.82, 2.24) is 0 Å². The summed E-state index contributed by atoms with van der Waals surface area (Å²) in [5, 5.41) is 27.4. The van der Waals surface area contributed by atoms with Gasteiger partial charge < -0.3 is 20.1 Å². The van der Waals surface area contributed by atoms with Crippen LogP contribution in [0.4, 0.5) is 0 Å². The zero-order chi connectivity index (χ0) is 16.7. The van der Waals surface area contributed by atoms with Gasteiger partial charge in [0.25, 0.3) is 0 Å². The molecule has 3 N–H and O–H groups in total. The fraction of sp³-hybridized carbons (Fsp3) is 0.786. The van der Waals surface area contributed by atoms with Crippen molar-refractivity contribution in [2.24, 2.45) is 0 Å². The van der Waals surface area contributed by atoms with Crippen LogP contribution in [0.15, 0.2) is 0 Å². The van der Waals surface area contributed by atoms with Crippen molar-refractivity contribution in [3.63, 3.8) is 0 Å². The van der Waals surface area contributed by atoms with E-state index in [9.17, 15) is 19.5 Å². The van der Waals surface area contributed by atoms with Gasteiger partial charge >= 0.3 is 17.9 Å². The summed E-state index contributed by atoms with van der Waals surface area (Å²) in [5.74, 6) is -4.16. The summed E-state index contributed by atoms with van der Waals surface area (Å²) in [4.78, 5) is 33.5. The van der Waals surface area contributed by atoms with E-state index in [2.05, 4.69) is 0 Å².